The van der Waals surface area contributed by atoms with E-state index in [2.05, 4.69) is 36.7 Å². The first-order valence-corrected chi connectivity index (χ1v) is 6.81. The van der Waals surface area contributed by atoms with Gasteiger partial charge in [0.05, 0.1) is 6.04 Å². The van der Waals surface area contributed by atoms with Crippen molar-refractivity contribution in [3.8, 4) is 0 Å². The average molecular weight is 270 g/mol. The van der Waals surface area contributed by atoms with Crippen molar-refractivity contribution >= 4 is 11.9 Å². The van der Waals surface area contributed by atoms with E-state index in [9.17, 15) is 9.59 Å². The Bertz CT molecular complexity index is 325. The molecule has 0 aromatic rings. The maximum atomic E-state index is 12.0. The number of likely N-dealkylation sites (N-methyl/N-ethyl adjacent to an activating group) is 1. The Kier molecular flexibility index (Phi) is 5.60. The molecule has 0 spiro atoms. The summed E-state index contributed by atoms with van der Waals surface area (Å²) in [6, 6.07) is -0.235. The van der Waals surface area contributed by atoms with Crippen molar-refractivity contribution in [3.05, 3.63) is 0 Å². The van der Waals surface area contributed by atoms with Crippen LogP contribution < -0.4 is 16.0 Å². The van der Waals surface area contributed by atoms with Gasteiger partial charge in [-0.15, -0.1) is 0 Å². The highest BCUT2D eigenvalue weighted by atomic mass is 16.2. The van der Waals surface area contributed by atoms with E-state index >= 15 is 0 Å². The van der Waals surface area contributed by atoms with Gasteiger partial charge in [-0.25, -0.2) is 4.79 Å². The second-order valence-corrected chi connectivity index (χ2v) is 6.12. The summed E-state index contributed by atoms with van der Waals surface area (Å²) < 4.78 is 0. The van der Waals surface area contributed by atoms with E-state index in [1.165, 1.54) is 0 Å². The molecule has 110 valence electrons. The number of amides is 3. The van der Waals surface area contributed by atoms with Crippen molar-refractivity contribution in [2.24, 2.45) is 5.41 Å². The molecule has 6 heteroatoms. The van der Waals surface area contributed by atoms with Crippen LogP contribution >= 0.6 is 0 Å². The number of urea groups is 1. The molecule has 19 heavy (non-hydrogen) atoms. The van der Waals surface area contributed by atoms with Crippen molar-refractivity contribution < 1.29 is 9.59 Å². The Morgan fingerprint density at radius 3 is 2.63 bits per heavy atom. The van der Waals surface area contributed by atoms with E-state index in [0.29, 0.717) is 26.2 Å². The second kappa shape index (κ2) is 6.75. The van der Waals surface area contributed by atoms with Gasteiger partial charge >= 0.3 is 6.03 Å². The number of carbonyl (C=O) groups is 2. The molecule has 0 radical (unpaired) electrons. The van der Waals surface area contributed by atoms with E-state index in [0.717, 1.165) is 6.42 Å². The molecular weight excluding hydrogens is 244 g/mol. The zero-order valence-electron chi connectivity index (χ0n) is 12.4. The summed E-state index contributed by atoms with van der Waals surface area (Å²) in [5, 5.41) is 8.66. The Hall–Kier alpha value is -1.30. The van der Waals surface area contributed by atoms with E-state index < -0.39 is 0 Å². The van der Waals surface area contributed by atoms with Gasteiger partial charge in [-0.3, -0.25) is 4.79 Å². The molecule has 0 aromatic heterocycles. The van der Waals surface area contributed by atoms with Gasteiger partial charge in [-0.2, -0.15) is 0 Å². The van der Waals surface area contributed by atoms with Crippen LogP contribution in [0.1, 0.15) is 27.2 Å². The third-order valence-corrected chi connectivity index (χ3v) is 3.11. The molecule has 3 amide bonds. The Morgan fingerprint density at radius 1 is 1.47 bits per heavy atom. The first kappa shape index (κ1) is 15.8. The number of carbonyl (C=O) groups excluding carboxylic acids is 2. The Balaban J connectivity index is 2.30. The standard InChI is InChI=1S/C13H26N4O2/c1-13(2,3)9-10(14-4)11(18)15-5-7-17-8-6-16-12(17)19/h10,14H,5-9H2,1-4H3,(H,15,18)(H,16,19). The highest BCUT2D eigenvalue weighted by molar-refractivity contribution is 5.82. The monoisotopic (exact) mass is 270 g/mol. The smallest absolute Gasteiger partial charge is 0.317 e. The van der Waals surface area contributed by atoms with Gasteiger partial charge in [-0.05, 0) is 18.9 Å². The van der Waals surface area contributed by atoms with Gasteiger partial charge in [0.1, 0.15) is 0 Å². The van der Waals surface area contributed by atoms with Gasteiger partial charge in [0.25, 0.3) is 0 Å². The molecule has 1 aliphatic heterocycles. The van der Waals surface area contributed by atoms with Gasteiger partial charge in [0.15, 0.2) is 0 Å². The van der Waals surface area contributed by atoms with Crippen LogP contribution in [0.4, 0.5) is 4.79 Å². The van der Waals surface area contributed by atoms with Gasteiger partial charge < -0.3 is 20.9 Å². The lowest BCUT2D eigenvalue weighted by Crippen LogP contribution is -2.46. The van der Waals surface area contributed by atoms with Crippen molar-refractivity contribution in [1.82, 2.24) is 20.9 Å². The topological polar surface area (TPSA) is 73.5 Å². The van der Waals surface area contributed by atoms with Gasteiger partial charge in [-0.1, -0.05) is 20.8 Å². The predicted molar refractivity (Wildman–Crippen MR) is 74.9 cm³/mol. The van der Waals surface area contributed by atoms with E-state index in [1.807, 2.05) is 0 Å². The molecule has 1 fully saturated rings. The Labute approximate surface area is 115 Å². The molecule has 0 aliphatic carbocycles. The summed E-state index contributed by atoms with van der Waals surface area (Å²) >= 11 is 0. The summed E-state index contributed by atoms with van der Waals surface area (Å²) in [7, 11) is 1.80. The largest absolute Gasteiger partial charge is 0.353 e. The number of hydrogen-bond donors (Lipinski definition) is 3. The molecule has 6 nitrogen and oxygen atoms in total. The maximum absolute atomic E-state index is 12.0. The minimum atomic E-state index is -0.188. The summed E-state index contributed by atoms with van der Waals surface area (Å²) in [5.74, 6) is -0.00275. The van der Waals surface area contributed by atoms with Crippen LogP contribution in [0.3, 0.4) is 0 Å². The lowest BCUT2D eigenvalue weighted by atomic mass is 9.88. The first-order valence-electron chi connectivity index (χ1n) is 6.81. The minimum Gasteiger partial charge on any atom is -0.353 e. The summed E-state index contributed by atoms with van der Waals surface area (Å²) in [5.41, 5.74) is 0.0971. The molecule has 1 saturated heterocycles. The third kappa shape index (κ3) is 5.46. The van der Waals surface area contributed by atoms with E-state index in [4.69, 9.17) is 0 Å². The molecule has 1 aliphatic rings. The van der Waals surface area contributed by atoms with Crippen LogP contribution in [0.25, 0.3) is 0 Å². The molecule has 1 heterocycles. The molecule has 1 atom stereocenters. The fourth-order valence-electron chi connectivity index (χ4n) is 2.10. The Morgan fingerprint density at radius 2 is 2.16 bits per heavy atom. The molecule has 1 rings (SSSR count). The van der Waals surface area contributed by atoms with Crippen molar-refractivity contribution in [2.45, 2.75) is 33.2 Å². The van der Waals surface area contributed by atoms with Crippen LogP contribution in [0.5, 0.6) is 0 Å². The molecule has 3 N–H and O–H groups in total. The third-order valence-electron chi connectivity index (χ3n) is 3.11. The van der Waals surface area contributed by atoms with Crippen LogP contribution in [-0.4, -0.2) is 56.1 Å². The van der Waals surface area contributed by atoms with Gasteiger partial charge in [0.2, 0.25) is 5.91 Å². The lowest BCUT2D eigenvalue weighted by Gasteiger charge is -2.25. The summed E-state index contributed by atoms with van der Waals surface area (Å²) in [6.07, 6.45) is 0.777. The highest BCUT2D eigenvalue weighted by Crippen LogP contribution is 2.20. The van der Waals surface area contributed by atoms with E-state index in [-0.39, 0.29) is 23.4 Å². The van der Waals surface area contributed by atoms with Crippen LogP contribution in [0.15, 0.2) is 0 Å². The lowest BCUT2D eigenvalue weighted by molar-refractivity contribution is -0.123. The minimum absolute atomic E-state index is 0.00275. The number of nitrogens with zero attached hydrogens (tertiary/aromatic N) is 1. The number of hydrogen-bond acceptors (Lipinski definition) is 3. The van der Waals surface area contributed by atoms with Crippen LogP contribution in [0.2, 0.25) is 0 Å². The van der Waals surface area contributed by atoms with Gasteiger partial charge in [0, 0.05) is 26.2 Å². The predicted octanol–water partition coefficient (Wildman–Crippen LogP) is 0.152. The fraction of sp³-hybridized carbons (Fsp3) is 0.846. The molecule has 0 aromatic carbocycles. The number of rotatable bonds is 6. The summed E-state index contributed by atoms with van der Waals surface area (Å²) in [6.45, 7) is 8.79. The van der Waals surface area contributed by atoms with Crippen LogP contribution in [-0.2, 0) is 4.79 Å². The highest BCUT2D eigenvalue weighted by Gasteiger charge is 2.24. The van der Waals surface area contributed by atoms with E-state index in [1.54, 1.807) is 11.9 Å². The second-order valence-electron chi connectivity index (χ2n) is 6.12. The molecule has 0 bridgehead atoms. The van der Waals surface area contributed by atoms with Crippen molar-refractivity contribution in [1.29, 1.82) is 0 Å². The maximum Gasteiger partial charge on any atom is 0.317 e. The average Bonchev–Trinajstić information content (AvgIpc) is 2.71. The van der Waals surface area contributed by atoms with Crippen molar-refractivity contribution in [3.63, 3.8) is 0 Å². The normalized spacial score (nSPS) is 17.3. The first-order chi connectivity index (χ1) is 8.83. The zero-order chi connectivity index (χ0) is 14.5. The van der Waals surface area contributed by atoms with Crippen LogP contribution in [0, 0.1) is 5.41 Å². The quantitative estimate of drug-likeness (QED) is 0.643. The fourth-order valence-corrected chi connectivity index (χ4v) is 2.10. The zero-order valence-corrected chi connectivity index (χ0v) is 12.4. The molecular formula is C13H26N4O2. The summed E-state index contributed by atoms with van der Waals surface area (Å²) in [4.78, 5) is 25.0. The SMILES string of the molecule is CNC(CC(C)(C)C)C(=O)NCCN1CCNC1=O. The van der Waals surface area contributed by atoms with Crippen molar-refractivity contribution in [2.75, 3.05) is 33.2 Å². The molecule has 1 unspecified atom stereocenters. The molecule has 0 saturated carbocycles. The number of nitrogens with one attached hydrogen (secondary N) is 3.